The van der Waals surface area contributed by atoms with E-state index >= 15 is 0 Å². The summed E-state index contributed by atoms with van der Waals surface area (Å²) in [4.78, 5) is 57.8. The van der Waals surface area contributed by atoms with Gasteiger partial charge in [-0.2, -0.15) is 0 Å². The smallest absolute Gasteiger partial charge is 0.326 e. The highest BCUT2D eigenvalue weighted by Crippen LogP contribution is 2.19. The van der Waals surface area contributed by atoms with E-state index in [-0.39, 0.29) is 29.0 Å². The minimum absolute atomic E-state index is 0.0257. The number of carbonyl (C=O) groups is 2. The lowest BCUT2D eigenvalue weighted by atomic mass is 10.0. The van der Waals surface area contributed by atoms with Crippen molar-refractivity contribution >= 4 is 34.6 Å². The van der Waals surface area contributed by atoms with Crippen molar-refractivity contribution in [3.8, 4) is 0 Å². The van der Waals surface area contributed by atoms with E-state index in [0.717, 1.165) is 6.42 Å². The third-order valence-corrected chi connectivity index (χ3v) is 5.07. The number of carboxylic acid groups (broad SMARTS) is 1. The fourth-order valence-electron chi connectivity index (χ4n) is 3.22. The highest BCUT2D eigenvalue weighted by Gasteiger charge is 2.26. The van der Waals surface area contributed by atoms with Gasteiger partial charge in [0.05, 0.1) is 4.92 Å². The van der Waals surface area contributed by atoms with Crippen molar-refractivity contribution in [2.24, 2.45) is 0 Å². The Bertz CT molecular complexity index is 1280. The largest absolute Gasteiger partial charge is 0.480 e. The summed E-state index contributed by atoms with van der Waals surface area (Å²) in [7, 11) is 0. The van der Waals surface area contributed by atoms with Crippen LogP contribution in [0.25, 0.3) is 0 Å². The minimum Gasteiger partial charge on any atom is -0.480 e. The molecule has 0 bridgehead atoms. The first kappa shape index (κ1) is 24.1. The predicted molar refractivity (Wildman–Crippen MR) is 126 cm³/mol. The van der Waals surface area contributed by atoms with Crippen LogP contribution in [0, 0.1) is 10.1 Å². The van der Waals surface area contributed by atoms with Gasteiger partial charge in [0.25, 0.3) is 22.5 Å². The number of nitrogens with one attached hydrogen (secondary N) is 3. The molecule has 0 aliphatic rings. The summed E-state index contributed by atoms with van der Waals surface area (Å²) in [6.07, 6.45) is 0.756. The number of carboxylic acids is 1. The maximum Gasteiger partial charge on any atom is 0.326 e. The third-order valence-electron chi connectivity index (χ3n) is 5.07. The first-order valence-corrected chi connectivity index (χ1v) is 10.4. The van der Waals surface area contributed by atoms with Crippen molar-refractivity contribution in [2.75, 3.05) is 22.5 Å². The Morgan fingerprint density at radius 2 is 1.62 bits per heavy atom. The van der Waals surface area contributed by atoms with Crippen LogP contribution in [-0.4, -0.2) is 34.5 Å². The van der Waals surface area contributed by atoms with E-state index in [4.69, 9.17) is 0 Å². The number of carbonyl (C=O) groups excluding carboxylic acids is 1. The molecule has 0 radical (unpaired) electrons. The SMILES string of the molecule is CCCNc1c(N[C@@H](Cc2ccc(NC(=O)c3ccc([N+](=O)[O-])cc3)cc2)C(=O)O)c(=O)c1=O. The second kappa shape index (κ2) is 10.4. The molecular formula is C23H22N4O7. The second-order valence-electron chi connectivity index (χ2n) is 7.53. The highest BCUT2D eigenvalue weighted by molar-refractivity contribution is 6.04. The fourth-order valence-corrected chi connectivity index (χ4v) is 3.22. The van der Waals surface area contributed by atoms with Crippen molar-refractivity contribution in [3.05, 3.63) is 90.2 Å². The summed E-state index contributed by atoms with van der Waals surface area (Å²) in [5, 5.41) is 28.4. The molecule has 11 heteroatoms. The average molecular weight is 466 g/mol. The van der Waals surface area contributed by atoms with Crippen LogP contribution in [0.3, 0.4) is 0 Å². The highest BCUT2D eigenvalue weighted by atomic mass is 16.6. The van der Waals surface area contributed by atoms with Crippen molar-refractivity contribution in [2.45, 2.75) is 25.8 Å². The topological polar surface area (TPSA) is 168 Å². The van der Waals surface area contributed by atoms with Crippen LogP contribution in [0.2, 0.25) is 0 Å². The lowest BCUT2D eigenvalue weighted by molar-refractivity contribution is -0.384. The molecule has 3 rings (SSSR count). The number of non-ortho nitro benzene ring substituents is 1. The van der Waals surface area contributed by atoms with Crippen LogP contribution in [0.1, 0.15) is 29.3 Å². The number of nitro benzene ring substituents is 1. The van der Waals surface area contributed by atoms with Crippen LogP contribution in [0.15, 0.2) is 58.1 Å². The van der Waals surface area contributed by atoms with E-state index in [1.165, 1.54) is 24.3 Å². The van der Waals surface area contributed by atoms with E-state index < -0.39 is 33.7 Å². The summed E-state index contributed by atoms with van der Waals surface area (Å²) < 4.78 is 0. The van der Waals surface area contributed by atoms with E-state index in [2.05, 4.69) is 16.0 Å². The van der Waals surface area contributed by atoms with Crippen molar-refractivity contribution in [1.29, 1.82) is 0 Å². The van der Waals surface area contributed by atoms with Gasteiger partial charge in [-0.15, -0.1) is 0 Å². The summed E-state index contributed by atoms with van der Waals surface area (Å²) in [5.74, 6) is -1.65. The third kappa shape index (κ3) is 5.44. The molecule has 176 valence electrons. The molecule has 1 atom stereocenters. The number of hydrogen-bond acceptors (Lipinski definition) is 8. The Morgan fingerprint density at radius 3 is 2.18 bits per heavy atom. The van der Waals surface area contributed by atoms with Gasteiger partial charge in [0.2, 0.25) is 0 Å². The van der Waals surface area contributed by atoms with Gasteiger partial charge in [-0.05, 0) is 36.2 Å². The number of rotatable bonds is 11. The Hall–Kier alpha value is -4.54. The number of benzene rings is 2. The summed E-state index contributed by atoms with van der Waals surface area (Å²) >= 11 is 0. The van der Waals surface area contributed by atoms with E-state index in [1.807, 2.05) is 6.92 Å². The molecular weight excluding hydrogens is 444 g/mol. The maximum atomic E-state index is 12.3. The standard InChI is InChI=1S/C23H22N4O7/c1-2-11-24-18-19(21(29)20(18)28)26-17(23(31)32)12-13-3-7-15(8-4-13)25-22(30)14-5-9-16(10-6-14)27(33)34/h3-10,17,24,26H,2,11-12H2,1H3,(H,25,30)(H,31,32)/t17-/m0/s1. The van der Waals surface area contributed by atoms with Crippen molar-refractivity contribution < 1.29 is 19.6 Å². The van der Waals surface area contributed by atoms with Crippen molar-refractivity contribution in [1.82, 2.24) is 0 Å². The second-order valence-corrected chi connectivity index (χ2v) is 7.53. The molecule has 0 saturated heterocycles. The normalized spacial score (nSPS) is 11.6. The molecule has 0 aliphatic carbocycles. The van der Waals surface area contributed by atoms with Crippen LogP contribution in [-0.2, 0) is 11.2 Å². The molecule has 34 heavy (non-hydrogen) atoms. The number of aliphatic carboxylic acids is 1. The van der Waals surface area contributed by atoms with Gasteiger partial charge in [-0.25, -0.2) is 4.79 Å². The van der Waals surface area contributed by atoms with Gasteiger partial charge in [0.1, 0.15) is 17.4 Å². The molecule has 11 nitrogen and oxygen atoms in total. The molecule has 0 heterocycles. The van der Waals surface area contributed by atoms with Crippen molar-refractivity contribution in [3.63, 3.8) is 0 Å². The van der Waals surface area contributed by atoms with Gasteiger partial charge < -0.3 is 21.1 Å². The number of anilines is 3. The molecule has 3 aromatic rings. The summed E-state index contributed by atoms with van der Waals surface area (Å²) in [6.45, 7) is 2.37. The quantitative estimate of drug-likeness (QED) is 0.188. The van der Waals surface area contributed by atoms with E-state index in [1.54, 1.807) is 24.3 Å². The Labute approximate surface area is 193 Å². The molecule has 3 aromatic carbocycles. The van der Waals surface area contributed by atoms with Gasteiger partial charge in [-0.3, -0.25) is 24.5 Å². The molecule has 0 unspecified atom stereocenters. The van der Waals surface area contributed by atoms with Crippen LogP contribution >= 0.6 is 0 Å². The molecule has 0 spiro atoms. The molecule has 0 aliphatic heterocycles. The minimum atomic E-state index is -1.19. The number of amides is 1. The zero-order chi connectivity index (χ0) is 24.8. The number of nitrogens with zero attached hydrogens (tertiary/aromatic N) is 1. The number of hydrogen-bond donors (Lipinski definition) is 4. The first-order chi connectivity index (χ1) is 16.2. The summed E-state index contributed by atoms with van der Waals surface area (Å²) in [6, 6.07) is 10.4. The van der Waals surface area contributed by atoms with Gasteiger partial charge in [-0.1, -0.05) is 19.1 Å². The van der Waals surface area contributed by atoms with Crippen LogP contribution < -0.4 is 26.8 Å². The lowest BCUT2D eigenvalue weighted by Gasteiger charge is -2.20. The lowest BCUT2D eigenvalue weighted by Crippen LogP contribution is -2.42. The molecule has 4 N–H and O–H groups in total. The monoisotopic (exact) mass is 466 g/mol. The average Bonchev–Trinajstić information content (AvgIpc) is 2.83. The zero-order valence-electron chi connectivity index (χ0n) is 18.2. The first-order valence-electron chi connectivity index (χ1n) is 10.4. The maximum absolute atomic E-state index is 12.3. The van der Waals surface area contributed by atoms with Crippen LogP contribution in [0.5, 0.6) is 0 Å². The molecule has 0 aromatic heterocycles. The zero-order valence-corrected chi connectivity index (χ0v) is 18.2. The molecule has 1 amide bonds. The number of nitro groups is 1. The van der Waals surface area contributed by atoms with E-state index in [9.17, 15) is 34.4 Å². The van der Waals surface area contributed by atoms with Crippen LogP contribution in [0.4, 0.5) is 22.7 Å². The summed E-state index contributed by atoms with van der Waals surface area (Å²) in [5.41, 5.74) is -0.178. The molecule has 0 saturated carbocycles. The fraction of sp³-hybridized carbons (Fsp3) is 0.217. The Kier molecular flexibility index (Phi) is 7.36. The van der Waals surface area contributed by atoms with Gasteiger partial charge >= 0.3 is 5.97 Å². The predicted octanol–water partition coefficient (Wildman–Crippen LogP) is 2.37. The van der Waals surface area contributed by atoms with Gasteiger partial charge in [0, 0.05) is 36.3 Å². The van der Waals surface area contributed by atoms with E-state index in [0.29, 0.717) is 17.8 Å². The Morgan fingerprint density at radius 1 is 1.00 bits per heavy atom. The van der Waals surface area contributed by atoms with Gasteiger partial charge in [0.15, 0.2) is 0 Å². The Balaban J connectivity index is 1.65. The molecule has 0 fully saturated rings.